The smallest absolute Gasteiger partial charge is 0.0684 e. The molecule has 0 amide bonds. The van der Waals surface area contributed by atoms with Gasteiger partial charge in [0.25, 0.3) is 0 Å². The van der Waals surface area contributed by atoms with Crippen LogP contribution < -0.4 is 0 Å². The Bertz CT molecular complexity index is 149. The van der Waals surface area contributed by atoms with Gasteiger partial charge in [0.2, 0.25) is 0 Å². The molecule has 0 saturated carbocycles. The maximum atomic E-state index is 10.6. The van der Waals surface area contributed by atoms with E-state index in [2.05, 4.69) is 20.8 Å². The van der Waals surface area contributed by atoms with Gasteiger partial charge in [-0.2, -0.15) is 0 Å². The predicted molar refractivity (Wildman–Crippen MR) is 73.1 cm³/mol. The molecule has 1 N–H and O–H groups in total. The molecular weight excluding hydrogens is 220 g/mol. The molecule has 1 nitrogen and oxygen atoms in total. The minimum Gasteiger partial charge on any atom is -0.390 e. The summed E-state index contributed by atoms with van der Waals surface area (Å²) in [5.41, 5.74) is -0.522. The second-order valence-corrected chi connectivity index (χ2v) is 5.38. The van der Waals surface area contributed by atoms with E-state index in [1.165, 1.54) is 25.7 Å². The lowest BCUT2D eigenvalue weighted by Crippen LogP contribution is -2.37. The van der Waals surface area contributed by atoms with E-state index in [0.717, 1.165) is 25.7 Å². The number of rotatable bonds is 10. The largest absolute Gasteiger partial charge is 0.390 e. The topological polar surface area (TPSA) is 20.2 Å². The summed E-state index contributed by atoms with van der Waals surface area (Å²) in [6.45, 7) is 6.47. The van der Waals surface area contributed by atoms with E-state index >= 15 is 0 Å². The summed E-state index contributed by atoms with van der Waals surface area (Å²) in [4.78, 5) is 0. The molecule has 0 aromatic rings. The molecule has 0 heterocycles. The third-order valence-electron chi connectivity index (χ3n) is 3.58. The summed E-state index contributed by atoms with van der Waals surface area (Å²) in [6, 6.07) is 0. The van der Waals surface area contributed by atoms with E-state index in [1.807, 2.05) is 0 Å². The Hall–Kier alpha value is 0.250. The summed E-state index contributed by atoms with van der Waals surface area (Å²) in [5, 5.41) is 10.6. The van der Waals surface area contributed by atoms with Crippen LogP contribution in [0.2, 0.25) is 0 Å². The Morgan fingerprint density at radius 3 is 1.75 bits per heavy atom. The van der Waals surface area contributed by atoms with Gasteiger partial charge < -0.3 is 5.11 Å². The highest BCUT2D eigenvalue weighted by Crippen LogP contribution is 2.30. The number of hydrogen-bond donors (Lipinski definition) is 1. The standard InChI is InChI=1S/C14H29ClO/c1-4-6-8-10-14(16,13(3)12-15)11-9-7-5-2/h13,16H,4-12H2,1-3H3. The predicted octanol–water partition coefficient (Wildman–Crippen LogP) is 4.75. The van der Waals surface area contributed by atoms with Crippen molar-refractivity contribution in [1.29, 1.82) is 0 Å². The molecule has 0 radical (unpaired) electrons. The molecule has 0 aliphatic heterocycles. The Labute approximate surface area is 107 Å². The first-order chi connectivity index (χ1) is 7.60. The first kappa shape index (κ1) is 16.2. The van der Waals surface area contributed by atoms with Crippen LogP contribution in [0.25, 0.3) is 0 Å². The van der Waals surface area contributed by atoms with Gasteiger partial charge in [-0.15, -0.1) is 11.6 Å². The molecule has 16 heavy (non-hydrogen) atoms. The monoisotopic (exact) mass is 248 g/mol. The van der Waals surface area contributed by atoms with Gasteiger partial charge in [-0.25, -0.2) is 0 Å². The van der Waals surface area contributed by atoms with Crippen molar-refractivity contribution < 1.29 is 5.11 Å². The highest BCUT2D eigenvalue weighted by molar-refractivity contribution is 6.18. The van der Waals surface area contributed by atoms with Crippen molar-refractivity contribution >= 4 is 11.6 Å². The van der Waals surface area contributed by atoms with E-state index < -0.39 is 5.60 Å². The molecule has 0 aromatic carbocycles. The second-order valence-electron chi connectivity index (χ2n) is 5.07. The summed E-state index contributed by atoms with van der Waals surface area (Å²) in [7, 11) is 0. The summed E-state index contributed by atoms with van der Waals surface area (Å²) >= 11 is 5.90. The van der Waals surface area contributed by atoms with E-state index in [9.17, 15) is 5.11 Å². The first-order valence-electron chi connectivity index (χ1n) is 6.89. The minimum atomic E-state index is -0.522. The van der Waals surface area contributed by atoms with Crippen molar-refractivity contribution in [1.82, 2.24) is 0 Å². The van der Waals surface area contributed by atoms with Gasteiger partial charge in [0.05, 0.1) is 5.60 Å². The third kappa shape index (κ3) is 6.10. The normalized spacial score (nSPS) is 14.1. The molecule has 0 aliphatic rings. The van der Waals surface area contributed by atoms with E-state index in [1.54, 1.807) is 0 Å². The Morgan fingerprint density at radius 2 is 1.44 bits per heavy atom. The van der Waals surface area contributed by atoms with E-state index in [4.69, 9.17) is 11.6 Å². The van der Waals surface area contributed by atoms with Crippen LogP contribution in [-0.2, 0) is 0 Å². The number of hydrogen-bond acceptors (Lipinski definition) is 1. The van der Waals surface area contributed by atoms with Crippen molar-refractivity contribution in [3.05, 3.63) is 0 Å². The van der Waals surface area contributed by atoms with Crippen LogP contribution in [0.5, 0.6) is 0 Å². The van der Waals surface area contributed by atoms with Gasteiger partial charge in [-0.3, -0.25) is 0 Å². The Balaban J connectivity index is 4.13. The molecule has 0 rings (SSSR count). The molecule has 1 unspecified atom stereocenters. The van der Waals surface area contributed by atoms with Gasteiger partial charge >= 0.3 is 0 Å². The fraction of sp³-hybridized carbons (Fsp3) is 1.00. The lowest BCUT2D eigenvalue weighted by atomic mass is 9.81. The van der Waals surface area contributed by atoms with Crippen LogP contribution in [0.15, 0.2) is 0 Å². The quantitative estimate of drug-likeness (QED) is 0.437. The highest BCUT2D eigenvalue weighted by Gasteiger charge is 2.31. The number of unbranched alkanes of at least 4 members (excludes halogenated alkanes) is 4. The number of alkyl halides is 1. The molecular formula is C14H29ClO. The molecule has 0 saturated heterocycles. The van der Waals surface area contributed by atoms with Crippen molar-refractivity contribution in [2.75, 3.05) is 5.88 Å². The van der Waals surface area contributed by atoms with Crippen LogP contribution in [0.1, 0.15) is 72.1 Å². The fourth-order valence-corrected chi connectivity index (χ4v) is 2.41. The lowest BCUT2D eigenvalue weighted by Gasteiger charge is -2.33. The molecule has 0 aromatic heterocycles. The number of halogens is 1. The van der Waals surface area contributed by atoms with Gasteiger partial charge in [0, 0.05) is 5.88 Å². The molecule has 0 fully saturated rings. The molecule has 2 heteroatoms. The maximum Gasteiger partial charge on any atom is 0.0684 e. The van der Waals surface area contributed by atoms with Crippen molar-refractivity contribution in [3.8, 4) is 0 Å². The zero-order valence-electron chi connectivity index (χ0n) is 11.3. The Morgan fingerprint density at radius 1 is 1.00 bits per heavy atom. The van der Waals surface area contributed by atoms with Gasteiger partial charge in [0.15, 0.2) is 0 Å². The van der Waals surface area contributed by atoms with Gasteiger partial charge in [-0.05, 0) is 18.8 Å². The highest BCUT2D eigenvalue weighted by atomic mass is 35.5. The lowest BCUT2D eigenvalue weighted by molar-refractivity contribution is -0.0235. The van der Waals surface area contributed by atoms with Crippen molar-refractivity contribution in [2.45, 2.75) is 77.7 Å². The van der Waals surface area contributed by atoms with Crippen molar-refractivity contribution in [3.63, 3.8) is 0 Å². The average Bonchev–Trinajstić information content (AvgIpc) is 2.28. The summed E-state index contributed by atoms with van der Waals surface area (Å²) in [6.07, 6.45) is 8.92. The molecule has 0 spiro atoms. The maximum absolute atomic E-state index is 10.6. The molecule has 0 aliphatic carbocycles. The SMILES string of the molecule is CCCCCC(O)(CCCCC)C(C)CCl. The minimum absolute atomic E-state index is 0.211. The third-order valence-corrected chi connectivity index (χ3v) is 4.04. The van der Waals surface area contributed by atoms with Gasteiger partial charge in [-0.1, -0.05) is 59.3 Å². The van der Waals surface area contributed by atoms with Crippen molar-refractivity contribution in [2.24, 2.45) is 5.92 Å². The number of aliphatic hydroxyl groups is 1. The van der Waals surface area contributed by atoms with E-state index in [-0.39, 0.29) is 5.92 Å². The first-order valence-corrected chi connectivity index (χ1v) is 7.42. The Kier molecular flexibility index (Phi) is 9.44. The average molecular weight is 249 g/mol. The van der Waals surface area contributed by atoms with Crippen LogP contribution in [0.4, 0.5) is 0 Å². The van der Waals surface area contributed by atoms with Crippen LogP contribution in [-0.4, -0.2) is 16.6 Å². The second kappa shape index (κ2) is 9.30. The zero-order valence-corrected chi connectivity index (χ0v) is 12.0. The summed E-state index contributed by atoms with van der Waals surface area (Å²) < 4.78 is 0. The molecule has 1 atom stereocenters. The van der Waals surface area contributed by atoms with E-state index in [0.29, 0.717) is 5.88 Å². The van der Waals surface area contributed by atoms with Gasteiger partial charge in [0.1, 0.15) is 0 Å². The zero-order chi connectivity index (χ0) is 12.4. The summed E-state index contributed by atoms with van der Waals surface area (Å²) in [5.74, 6) is 0.775. The van der Waals surface area contributed by atoms with Crippen LogP contribution >= 0.6 is 11.6 Å². The van der Waals surface area contributed by atoms with Crippen LogP contribution in [0, 0.1) is 5.92 Å². The van der Waals surface area contributed by atoms with Crippen LogP contribution in [0.3, 0.4) is 0 Å². The molecule has 98 valence electrons. The fourth-order valence-electron chi connectivity index (χ4n) is 2.12. The molecule has 0 bridgehead atoms.